The molecule has 1 fully saturated rings. The van der Waals surface area contributed by atoms with E-state index in [1.807, 2.05) is 22.8 Å². The lowest BCUT2D eigenvalue weighted by Crippen LogP contribution is -2.46. The van der Waals surface area contributed by atoms with Crippen LogP contribution in [0.15, 0.2) is 74.7 Å². The second-order valence-corrected chi connectivity index (χ2v) is 13.1. The molecule has 11 nitrogen and oxygen atoms in total. The number of carbonyl (C=O) groups is 1. The summed E-state index contributed by atoms with van der Waals surface area (Å²) >= 11 is 0. The Morgan fingerprint density at radius 1 is 1.02 bits per heavy atom. The number of pyridine rings is 1. The van der Waals surface area contributed by atoms with Crippen LogP contribution in [0.25, 0.3) is 0 Å². The molecule has 3 aliphatic heterocycles. The molecule has 7 rings (SSSR count). The molecule has 11 heteroatoms. The molecule has 0 spiro atoms. The van der Waals surface area contributed by atoms with Gasteiger partial charge in [-0.1, -0.05) is 24.3 Å². The lowest BCUT2D eigenvalue weighted by Gasteiger charge is -2.42. The Hall–Kier alpha value is -5.03. The molecule has 3 atom stereocenters. The van der Waals surface area contributed by atoms with Crippen molar-refractivity contribution in [3.63, 3.8) is 0 Å². The highest BCUT2D eigenvalue weighted by atomic mass is 16.5. The molecule has 2 aromatic heterocycles. The lowest BCUT2D eigenvalue weighted by atomic mass is 9.83. The summed E-state index contributed by atoms with van der Waals surface area (Å²) < 4.78 is 30.5. The van der Waals surface area contributed by atoms with Crippen LogP contribution < -0.4 is 25.2 Å². The summed E-state index contributed by atoms with van der Waals surface area (Å²) in [6.45, 7) is 3.55. The number of carbonyl (C=O) groups excluding carboxylic acids is 1. The molecule has 1 N–H and O–H groups in total. The summed E-state index contributed by atoms with van der Waals surface area (Å²) in [6, 6.07) is 18.2. The fourth-order valence-corrected chi connectivity index (χ4v) is 7.52. The summed E-state index contributed by atoms with van der Waals surface area (Å²) in [5.74, 6) is 0.812. The first-order chi connectivity index (χ1) is 23.8. The number of ether oxygens (including phenoxy) is 4. The van der Waals surface area contributed by atoms with Crippen molar-refractivity contribution in [3.05, 3.63) is 115 Å². The summed E-state index contributed by atoms with van der Waals surface area (Å²) in [7, 11) is 2.82. The molecule has 0 amide bonds. The van der Waals surface area contributed by atoms with E-state index in [0.717, 1.165) is 36.4 Å². The monoisotopic (exact) mass is 668 g/mol. The fourth-order valence-electron chi connectivity index (χ4n) is 7.52. The van der Waals surface area contributed by atoms with Crippen molar-refractivity contribution in [3.8, 4) is 23.0 Å². The highest BCUT2D eigenvalue weighted by Gasteiger charge is 2.35. The van der Waals surface area contributed by atoms with E-state index >= 15 is 0 Å². The van der Waals surface area contributed by atoms with Crippen molar-refractivity contribution in [2.75, 3.05) is 40.5 Å². The Kier molecular flexibility index (Phi) is 9.18. The molecular weight excluding hydrogens is 628 g/mol. The van der Waals surface area contributed by atoms with Crippen LogP contribution in [0.3, 0.4) is 0 Å². The Balaban J connectivity index is 1.11. The fraction of sp³-hybridized carbons (Fsp3) is 0.395. The minimum absolute atomic E-state index is 0.0155. The average molecular weight is 669 g/mol. The highest BCUT2D eigenvalue weighted by Crippen LogP contribution is 2.39. The predicted molar refractivity (Wildman–Crippen MR) is 180 cm³/mol. The number of likely N-dealkylation sites (tertiary alicyclic amines) is 1. The normalized spacial score (nSPS) is 18.6. The smallest absolute Gasteiger partial charge is 0.306 e. The number of hydrogen-bond donors (Lipinski definition) is 1. The van der Waals surface area contributed by atoms with Gasteiger partial charge in [0.15, 0.2) is 17.3 Å². The minimum atomic E-state index is -0.837. The quantitative estimate of drug-likeness (QED) is 0.230. The van der Waals surface area contributed by atoms with Gasteiger partial charge >= 0.3 is 5.97 Å². The number of nitrogens with zero attached hydrogens (tertiary/aromatic N) is 2. The number of aromatic hydroxyl groups is 1. The summed E-state index contributed by atoms with van der Waals surface area (Å²) in [5, 5.41) is 11.0. The number of esters is 1. The Morgan fingerprint density at radius 3 is 2.73 bits per heavy atom. The van der Waals surface area contributed by atoms with Crippen LogP contribution in [0.4, 0.5) is 0 Å². The zero-order valence-corrected chi connectivity index (χ0v) is 27.7. The van der Waals surface area contributed by atoms with Crippen molar-refractivity contribution in [1.29, 1.82) is 0 Å². The molecule has 2 bridgehead atoms. The number of piperidine rings is 1. The second kappa shape index (κ2) is 13.8. The Morgan fingerprint density at radius 2 is 1.90 bits per heavy atom. The van der Waals surface area contributed by atoms with E-state index in [9.17, 15) is 19.5 Å². The number of benzene rings is 2. The van der Waals surface area contributed by atoms with E-state index in [0.29, 0.717) is 62.1 Å². The maximum Gasteiger partial charge on any atom is 0.306 e. The third kappa shape index (κ3) is 6.80. The van der Waals surface area contributed by atoms with Gasteiger partial charge in [0.2, 0.25) is 11.2 Å². The van der Waals surface area contributed by atoms with E-state index in [4.69, 9.17) is 23.4 Å². The summed E-state index contributed by atoms with van der Waals surface area (Å²) in [4.78, 5) is 40.5. The first-order valence-corrected chi connectivity index (χ1v) is 16.7. The van der Waals surface area contributed by atoms with Crippen molar-refractivity contribution in [1.82, 2.24) is 9.47 Å². The standard InChI is InChI=1S/C38H40N2O9/c1-45-34-16-25(7-9-33(34)48-12-10-23-6-8-32-26(14-23)11-13-47-32)29(18-36(43)46-2)38-37(44)31(41)17-28(49-38)22-39-19-24-15-27(21-39)30-4-3-5-35(42)40(30)20-24/h3-9,14,16-17,24,27,29,44H,10-13,15,18-22H2,1-2H3/t24-,27+,29?/m1/s1. The number of hydrogen-bond acceptors (Lipinski definition) is 10. The van der Waals surface area contributed by atoms with Crippen molar-refractivity contribution < 1.29 is 33.3 Å². The van der Waals surface area contributed by atoms with Gasteiger partial charge in [-0.2, -0.15) is 0 Å². The van der Waals surface area contributed by atoms with Gasteiger partial charge in [0.25, 0.3) is 5.56 Å². The second-order valence-electron chi connectivity index (χ2n) is 13.1. The topological polar surface area (TPSA) is 130 Å². The van der Waals surface area contributed by atoms with Crippen LogP contribution in [0, 0.1) is 5.92 Å². The molecular formula is C38H40N2O9. The van der Waals surface area contributed by atoms with E-state index in [-0.39, 0.29) is 29.6 Å². The van der Waals surface area contributed by atoms with Crippen LogP contribution in [0.5, 0.6) is 23.0 Å². The largest absolute Gasteiger partial charge is 0.502 e. The van der Waals surface area contributed by atoms with Crippen molar-refractivity contribution in [2.24, 2.45) is 5.92 Å². The van der Waals surface area contributed by atoms with Gasteiger partial charge in [0.1, 0.15) is 11.5 Å². The molecule has 2 aromatic carbocycles. The van der Waals surface area contributed by atoms with Gasteiger partial charge in [-0.25, -0.2) is 0 Å². The number of methoxy groups -OCH3 is 2. The number of aromatic nitrogens is 1. The van der Waals surface area contributed by atoms with E-state index in [1.165, 1.54) is 25.8 Å². The molecule has 1 saturated heterocycles. The van der Waals surface area contributed by atoms with Gasteiger partial charge in [-0.3, -0.25) is 19.3 Å². The van der Waals surface area contributed by atoms with Crippen molar-refractivity contribution >= 4 is 5.97 Å². The molecule has 49 heavy (non-hydrogen) atoms. The third-order valence-corrected chi connectivity index (χ3v) is 9.84. The minimum Gasteiger partial charge on any atom is -0.502 e. The van der Waals surface area contributed by atoms with Crippen LogP contribution >= 0.6 is 0 Å². The average Bonchev–Trinajstić information content (AvgIpc) is 3.57. The van der Waals surface area contributed by atoms with Crippen LogP contribution in [-0.2, 0) is 35.5 Å². The van der Waals surface area contributed by atoms with Gasteiger partial charge < -0.3 is 33.0 Å². The molecule has 3 aliphatic rings. The molecule has 0 saturated carbocycles. The van der Waals surface area contributed by atoms with E-state index in [2.05, 4.69) is 11.0 Å². The molecule has 4 aromatic rings. The van der Waals surface area contributed by atoms with Crippen LogP contribution in [0.2, 0.25) is 0 Å². The molecule has 0 aliphatic carbocycles. The molecule has 256 valence electrons. The summed E-state index contributed by atoms with van der Waals surface area (Å²) in [5.41, 5.74) is 3.39. The van der Waals surface area contributed by atoms with Crippen LogP contribution in [-0.4, -0.2) is 61.1 Å². The predicted octanol–water partition coefficient (Wildman–Crippen LogP) is 4.39. The maximum absolute atomic E-state index is 13.1. The first-order valence-electron chi connectivity index (χ1n) is 16.7. The van der Waals surface area contributed by atoms with E-state index in [1.54, 1.807) is 30.3 Å². The number of rotatable bonds is 11. The SMILES string of the molecule is COC(=O)CC(c1ccc(OCCc2ccc3c(c2)CCO3)c(OC)c1)c1oc(CN2C[C@H]3C[C@@H](C2)c2cccc(=O)n2C3)cc(=O)c1O. The van der Waals surface area contributed by atoms with Gasteiger partial charge in [0, 0.05) is 56.2 Å². The molecule has 1 unspecified atom stereocenters. The Labute approximate surface area is 283 Å². The Bertz CT molecular complexity index is 1980. The molecule has 0 radical (unpaired) electrons. The van der Waals surface area contributed by atoms with Gasteiger partial charge in [-0.15, -0.1) is 0 Å². The number of fused-ring (bicyclic) bond motifs is 5. The van der Waals surface area contributed by atoms with E-state index < -0.39 is 23.1 Å². The summed E-state index contributed by atoms with van der Waals surface area (Å²) in [6.07, 6.45) is 2.42. The van der Waals surface area contributed by atoms with Gasteiger partial charge in [0.05, 0.1) is 46.3 Å². The highest BCUT2D eigenvalue weighted by molar-refractivity contribution is 5.71. The zero-order chi connectivity index (χ0) is 34.1. The van der Waals surface area contributed by atoms with Crippen LogP contribution in [0.1, 0.15) is 58.6 Å². The van der Waals surface area contributed by atoms with Gasteiger partial charge in [-0.05, 0) is 53.3 Å². The zero-order valence-electron chi connectivity index (χ0n) is 27.7. The first kappa shape index (κ1) is 32.5. The maximum atomic E-state index is 13.1. The third-order valence-electron chi connectivity index (χ3n) is 9.84. The molecule has 5 heterocycles. The lowest BCUT2D eigenvalue weighted by molar-refractivity contribution is -0.140. The van der Waals surface area contributed by atoms with Crippen molar-refractivity contribution in [2.45, 2.75) is 50.6 Å².